The van der Waals surface area contributed by atoms with Gasteiger partial charge < -0.3 is 0 Å². The molecule has 0 unspecified atom stereocenters. The molecule has 0 spiro atoms. The Bertz CT molecular complexity index is 1190. The van der Waals surface area contributed by atoms with Crippen molar-refractivity contribution in [2.75, 3.05) is 0 Å². The van der Waals surface area contributed by atoms with Crippen LogP contribution in [-0.2, 0) is 0 Å². The quantitative estimate of drug-likeness (QED) is 0.102. The van der Waals surface area contributed by atoms with Gasteiger partial charge in [0.05, 0.1) is 0 Å². The Morgan fingerprint density at radius 1 is 0.465 bits per heavy atom. The molecule has 43 heavy (non-hydrogen) atoms. The van der Waals surface area contributed by atoms with Gasteiger partial charge in [0.2, 0.25) is 0 Å². The first-order chi connectivity index (χ1) is 19.2. The van der Waals surface area contributed by atoms with E-state index in [-0.39, 0.29) is 49.4 Å². The van der Waals surface area contributed by atoms with Crippen LogP contribution in [0.4, 0.5) is 39.5 Å². The van der Waals surface area contributed by atoms with E-state index in [1.54, 1.807) is 34.3 Å². The molecule has 0 aromatic carbocycles. The normalized spacial score (nSPS) is 11.1. The van der Waals surface area contributed by atoms with Gasteiger partial charge in [0.25, 0.3) is 0 Å². The van der Waals surface area contributed by atoms with Crippen LogP contribution in [0, 0.1) is 49.4 Å². The third-order valence-electron chi connectivity index (χ3n) is 4.40. The van der Waals surface area contributed by atoms with E-state index in [0.29, 0.717) is 14.6 Å². The smallest absolute Gasteiger partial charge is 0.276 e. The Labute approximate surface area is 288 Å². The third-order valence-corrected chi connectivity index (χ3v) is 7.16. The fourth-order valence-corrected chi connectivity index (χ4v) is 4.37. The summed E-state index contributed by atoms with van der Waals surface area (Å²) in [6, 6.07) is 9.22. The summed E-state index contributed by atoms with van der Waals surface area (Å²) < 4.78 is 107. The molecule has 0 atom stereocenters. The molecule has 3 aromatic rings. The summed E-state index contributed by atoms with van der Waals surface area (Å²) >= 11 is 3.31. The number of halogens is 9. The minimum atomic E-state index is -4.77. The van der Waals surface area contributed by atoms with Crippen LogP contribution in [0.2, 0.25) is 0 Å². The van der Waals surface area contributed by atoms with Crippen molar-refractivity contribution in [1.82, 2.24) is 0 Å². The maximum atomic E-state index is 11.8. The molecule has 3 aromatic heterocycles. The maximum absolute atomic E-state index is 11.8. The zero-order valence-corrected chi connectivity index (χ0v) is 25.9. The molecule has 3 heterocycles. The number of thiophene rings is 3. The first-order valence-electron chi connectivity index (χ1n) is 10.8. The van der Waals surface area contributed by atoms with Crippen molar-refractivity contribution in [3.05, 3.63) is 67.2 Å². The average Bonchev–Trinajstić information content (AvgIpc) is 3.66. The molecule has 0 bridgehead atoms. The zero-order chi connectivity index (χ0) is 32.3. The van der Waals surface area contributed by atoms with Crippen LogP contribution in [-0.4, -0.2) is 82.0 Å². The number of rotatable bonds is 9. The van der Waals surface area contributed by atoms with Gasteiger partial charge in [-0.3, -0.25) is 28.8 Å². The van der Waals surface area contributed by atoms with Crippen LogP contribution in [0.1, 0.15) is 33.9 Å². The Kier molecular flexibility index (Phi) is 17.3. The Balaban J connectivity index is 0.000000608. The summed E-state index contributed by atoms with van der Waals surface area (Å²) in [5, 5.41) is 4.86. The number of alkyl halides is 9. The van der Waals surface area contributed by atoms with E-state index in [9.17, 15) is 53.9 Å². The standard InChI is InChI=1S/3C8H5F3O2S.Eu/c3*9-8(10,11)7(13)4-5(12)6-2-1-3-14-6;/h3*1-3H,4H2;/p+6. The van der Waals surface area contributed by atoms with Crippen LogP contribution in [0.25, 0.3) is 0 Å². The van der Waals surface area contributed by atoms with Crippen LogP contribution in [0.3, 0.4) is 0 Å². The molecular weight excluding hydrogens is 803 g/mol. The molecule has 6 nitrogen and oxygen atoms in total. The Hall–Kier alpha value is -1.93. The van der Waals surface area contributed by atoms with Gasteiger partial charge in [-0.25, -0.2) is 0 Å². The molecular formula is C24H21EuF9O6S3+6. The van der Waals surface area contributed by atoms with Crippen molar-refractivity contribution in [2.24, 2.45) is 0 Å². The van der Waals surface area contributed by atoms with Gasteiger partial charge >= 0.3 is 53.2 Å². The SMILES string of the molecule is [Eu].[OH+]=C(CC(=[OH+])C(F)(F)F)c1cccs1.[OH+]=C(CC(=[OH+])C(F)(F)F)c1cccs1.[OH+]=C(CC(=[OH+])C(F)(F)F)c1cccs1. The number of hydrogen-bond acceptors (Lipinski definition) is 3. The molecule has 3 rings (SSSR count). The van der Waals surface area contributed by atoms with Crippen LogP contribution in [0.5, 0.6) is 0 Å². The Morgan fingerprint density at radius 2 is 0.674 bits per heavy atom. The molecule has 0 amide bonds. The summed E-state index contributed by atoms with van der Waals surface area (Å²) in [5.74, 6) is -6.50. The molecule has 0 saturated carbocycles. The van der Waals surface area contributed by atoms with Crippen molar-refractivity contribution < 1.29 is 118 Å². The first-order valence-corrected chi connectivity index (χ1v) is 13.5. The average molecular weight is 825 g/mol. The van der Waals surface area contributed by atoms with E-state index in [4.69, 9.17) is 14.4 Å². The molecule has 0 aliphatic rings. The van der Waals surface area contributed by atoms with Gasteiger partial charge in [0.1, 0.15) is 14.6 Å². The molecule has 0 aliphatic heterocycles. The third kappa shape index (κ3) is 15.6. The van der Waals surface area contributed by atoms with Crippen LogP contribution >= 0.6 is 34.0 Å². The number of ketones is 6. The molecule has 235 valence electrons. The minimum Gasteiger partial charge on any atom is -0.276 e. The van der Waals surface area contributed by atoms with Gasteiger partial charge in [-0.2, -0.15) is 39.5 Å². The minimum absolute atomic E-state index is 0. The second-order valence-corrected chi connectivity index (χ2v) is 10.5. The van der Waals surface area contributed by atoms with Gasteiger partial charge in [-0.1, -0.05) is 18.2 Å². The monoisotopic (exact) mass is 825 g/mol. The molecule has 1 radical (unpaired) electrons. The number of carbonyl (C=O) groups excluding carboxylic acids is 6. The van der Waals surface area contributed by atoms with Crippen molar-refractivity contribution in [1.29, 1.82) is 0 Å². The largest absolute Gasteiger partial charge is 0.505 e. The topological polar surface area (TPSA) is 128 Å². The van der Waals surface area contributed by atoms with Crippen molar-refractivity contribution >= 4 is 68.7 Å². The molecule has 19 heteroatoms. The molecule has 0 fully saturated rings. The molecule has 0 aliphatic carbocycles. The zero-order valence-electron chi connectivity index (χ0n) is 21.0. The second-order valence-electron chi connectivity index (χ2n) is 7.64. The summed E-state index contributed by atoms with van der Waals surface area (Å²) in [4.78, 5) is 54.2. The molecule has 6 N–H and O–H groups in total. The summed E-state index contributed by atoms with van der Waals surface area (Å²) in [6.45, 7) is 0. The van der Waals surface area contributed by atoms with Gasteiger partial charge in [0, 0.05) is 49.4 Å². The first kappa shape index (κ1) is 41.1. The Morgan fingerprint density at radius 3 is 0.814 bits per heavy atom. The van der Waals surface area contributed by atoms with Gasteiger partial charge in [-0.05, 0) is 34.3 Å². The maximum Gasteiger partial charge on any atom is 0.505 e. The van der Waals surface area contributed by atoms with E-state index in [1.807, 2.05) is 0 Å². The van der Waals surface area contributed by atoms with E-state index in [0.717, 1.165) is 34.0 Å². The van der Waals surface area contributed by atoms with E-state index in [2.05, 4.69) is 0 Å². The van der Waals surface area contributed by atoms with Crippen molar-refractivity contribution in [3.8, 4) is 0 Å². The summed E-state index contributed by atoms with van der Waals surface area (Å²) in [5.41, 5.74) is 0. The van der Waals surface area contributed by atoms with Gasteiger partial charge in [-0.15, -0.1) is 34.0 Å². The second kappa shape index (κ2) is 18.1. The predicted molar refractivity (Wildman–Crippen MR) is 144 cm³/mol. The predicted octanol–water partition coefficient (Wildman–Crippen LogP) is 6.42. The van der Waals surface area contributed by atoms with Crippen molar-refractivity contribution in [2.45, 2.75) is 37.8 Å². The van der Waals surface area contributed by atoms with E-state index >= 15 is 0 Å². The molecule has 0 saturated heterocycles. The fraction of sp³-hybridized carbons (Fsp3) is 0.250. The van der Waals surface area contributed by atoms with E-state index in [1.165, 1.54) is 18.2 Å². The van der Waals surface area contributed by atoms with Crippen LogP contribution < -0.4 is 0 Å². The number of hydrogen-bond donors (Lipinski definition) is 0. The van der Waals surface area contributed by atoms with Gasteiger partial charge in [0.15, 0.2) is 19.3 Å². The fourth-order valence-electron chi connectivity index (χ4n) is 2.37. The van der Waals surface area contributed by atoms with Crippen molar-refractivity contribution in [3.63, 3.8) is 0 Å². The van der Waals surface area contributed by atoms with E-state index < -0.39 is 72.5 Å². The summed E-state index contributed by atoms with van der Waals surface area (Å²) in [6.07, 6.45) is -17.0. The van der Waals surface area contributed by atoms with Crippen LogP contribution in [0.15, 0.2) is 52.5 Å². The summed E-state index contributed by atoms with van der Waals surface area (Å²) in [7, 11) is 0.